The van der Waals surface area contributed by atoms with Crippen molar-refractivity contribution in [3.8, 4) is 0 Å². The summed E-state index contributed by atoms with van der Waals surface area (Å²) >= 11 is 0. The van der Waals surface area contributed by atoms with E-state index in [2.05, 4.69) is 0 Å². The molecule has 0 bridgehead atoms. The maximum absolute atomic E-state index is 10.3. The monoisotopic (exact) mass is 172 g/mol. The predicted molar refractivity (Wildman–Crippen MR) is 38.7 cm³/mol. The van der Waals surface area contributed by atoms with Gasteiger partial charge in [0.05, 0.1) is 10.1 Å². The average molecular weight is 172 g/mol. The van der Waals surface area contributed by atoms with Crippen LogP contribution in [-0.2, 0) is 10.1 Å². The van der Waals surface area contributed by atoms with Crippen LogP contribution in [0.5, 0.6) is 0 Å². The topological polar surface area (TPSA) is 57.2 Å². The van der Waals surface area contributed by atoms with Crippen LogP contribution in [0.25, 0.3) is 0 Å². The smallest absolute Gasteiger partial charge is 0.748 e. The summed E-state index contributed by atoms with van der Waals surface area (Å²) in [6.45, 7) is 3.42. The van der Waals surface area contributed by atoms with E-state index in [4.69, 9.17) is 0 Å². The molecule has 62 valence electrons. The van der Waals surface area contributed by atoms with E-state index in [1.165, 1.54) is 6.92 Å². The Morgan fingerprint density at radius 1 is 1.45 bits per heavy atom. The third-order valence-electron chi connectivity index (χ3n) is 1.46. The van der Waals surface area contributed by atoms with Gasteiger partial charge < -0.3 is 4.55 Å². The molecule has 0 aromatic rings. The van der Waals surface area contributed by atoms with Gasteiger partial charge in [0.25, 0.3) is 0 Å². The van der Waals surface area contributed by atoms with Crippen molar-refractivity contribution in [3.63, 3.8) is 0 Å². The summed E-state index contributed by atoms with van der Waals surface area (Å²) in [5, 5.41) is -0.715. The van der Waals surface area contributed by atoms with E-state index in [1.807, 2.05) is 6.92 Å². The minimum atomic E-state index is -4.03. The maximum Gasteiger partial charge on any atom is 1.00 e. The fourth-order valence-corrected chi connectivity index (χ4v) is 1.09. The first-order valence-electron chi connectivity index (χ1n) is 3.43. The zero-order valence-corrected chi connectivity index (χ0v) is 8.15. The van der Waals surface area contributed by atoms with Crippen molar-refractivity contribution in [3.05, 3.63) is 0 Å². The van der Waals surface area contributed by atoms with Gasteiger partial charge in [0, 0.05) is 5.25 Å². The molecule has 1 unspecified atom stereocenters. The van der Waals surface area contributed by atoms with Crippen LogP contribution in [0.4, 0.5) is 0 Å². The van der Waals surface area contributed by atoms with Gasteiger partial charge in [-0.15, -0.1) is 0 Å². The minimum absolute atomic E-state index is 0. The zero-order valence-electron chi connectivity index (χ0n) is 7.33. The van der Waals surface area contributed by atoms with E-state index in [-0.39, 0.29) is 18.9 Å². The Morgan fingerprint density at radius 2 is 1.91 bits per heavy atom. The molecule has 0 amide bonds. The summed E-state index contributed by atoms with van der Waals surface area (Å²) in [6.07, 6.45) is 2.23. The largest absolute Gasteiger partial charge is 1.00 e. The van der Waals surface area contributed by atoms with Crippen LogP contribution in [0.15, 0.2) is 0 Å². The quantitative estimate of drug-likeness (QED) is 0.368. The predicted octanol–water partition coefficient (Wildman–Crippen LogP) is -1.89. The van der Waals surface area contributed by atoms with Crippen LogP contribution in [-0.4, -0.2) is 18.2 Å². The number of hydrogen-bond donors (Lipinski definition) is 0. The SMILES string of the molecule is CCCCC(C)S(=O)(=O)[O-].[Li+]. The molecule has 0 aliphatic carbocycles. The molecule has 0 saturated carbocycles. The van der Waals surface area contributed by atoms with Crippen LogP contribution >= 0.6 is 0 Å². The number of rotatable bonds is 4. The van der Waals surface area contributed by atoms with Gasteiger partial charge in [0.15, 0.2) is 0 Å². The summed E-state index contributed by atoms with van der Waals surface area (Å²) in [6, 6.07) is 0. The van der Waals surface area contributed by atoms with Crippen molar-refractivity contribution in [2.24, 2.45) is 0 Å². The second-order valence-corrected chi connectivity index (χ2v) is 4.24. The number of hydrogen-bond acceptors (Lipinski definition) is 3. The Labute approximate surface area is 80.5 Å². The van der Waals surface area contributed by atoms with Crippen LogP contribution in [0.3, 0.4) is 0 Å². The molecule has 0 saturated heterocycles. The first-order valence-corrected chi connectivity index (χ1v) is 4.90. The molecular weight excluding hydrogens is 159 g/mol. The maximum atomic E-state index is 10.3. The summed E-state index contributed by atoms with van der Waals surface area (Å²) in [4.78, 5) is 0. The van der Waals surface area contributed by atoms with E-state index < -0.39 is 15.4 Å². The molecule has 0 fully saturated rings. The molecule has 0 spiro atoms. The van der Waals surface area contributed by atoms with Crippen molar-refractivity contribution >= 4 is 10.1 Å². The van der Waals surface area contributed by atoms with E-state index >= 15 is 0 Å². The molecule has 0 heterocycles. The van der Waals surface area contributed by atoms with Crippen LogP contribution in [0.2, 0.25) is 0 Å². The Hall–Kier alpha value is 0.507. The first-order chi connectivity index (χ1) is 4.48. The average Bonchev–Trinajstić information content (AvgIpc) is 1.80. The summed E-state index contributed by atoms with van der Waals surface area (Å²) in [5.74, 6) is 0. The Morgan fingerprint density at radius 3 is 2.18 bits per heavy atom. The molecular formula is C6H13LiO3S. The van der Waals surface area contributed by atoms with Gasteiger partial charge in [-0.05, 0) is 13.3 Å². The molecule has 0 aliphatic heterocycles. The van der Waals surface area contributed by atoms with Crippen molar-refractivity contribution in [1.29, 1.82) is 0 Å². The van der Waals surface area contributed by atoms with Crippen molar-refractivity contribution in [1.82, 2.24) is 0 Å². The second-order valence-electron chi connectivity index (χ2n) is 2.45. The van der Waals surface area contributed by atoms with Gasteiger partial charge >= 0.3 is 18.9 Å². The van der Waals surface area contributed by atoms with Gasteiger partial charge in [0.2, 0.25) is 0 Å². The van der Waals surface area contributed by atoms with Crippen molar-refractivity contribution in [2.75, 3.05) is 0 Å². The van der Waals surface area contributed by atoms with E-state index in [1.54, 1.807) is 0 Å². The van der Waals surface area contributed by atoms with Gasteiger partial charge in [-0.1, -0.05) is 19.8 Å². The molecule has 0 N–H and O–H groups in total. The molecule has 5 heteroatoms. The third kappa shape index (κ3) is 6.89. The summed E-state index contributed by atoms with van der Waals surface area (Å²) < 4.78 is 30.8. The molecule has 0 rings (SSSR count). The van der Waals surface area contributed by atoms with E-state index in [0.29, 0.717) is 6.42 Å². The summed E-state index contributed by atoms with van der Waals surface area (Å²) in [5.41, 5.74) is 0. The van der Waals surface area contributed by atoms with Gasteiger partial charge in [-0.3, -0.25) is 0 Å². The van der Waals surface area contributed by atoms with Gasteiger partial charge in [-0.2, -0.15) is 0 Å². The molecule has 0 aromatic carbocycles. The van der Waals surface area contributed by atoms with Crippen LogP contribution < -0.4 is 18.9 Å². The first kappa shape index (κ1) is 14.1. The van der Waals surface area contributed by atoms with Gasteiger partial charge in [-0.25, -0.2) is 8.42 Å². The Balaban J connectivity index is 0. The minimum Gasteiger partial charge on any atom is -0.748 e. The molecule has 11 heavy (non-hydrogen) atoms. The molecule has 0 aromatic heterocycles. The van der Waals surface area contributed by atoms with Crippen molar-refractivity contribution in [2.45, 2.75) is 38.4 Å². The normalized spacial score (nSPS) is 13.7. The van der Waals surface area contributed by atoms with Crippen molar-refractivity contribution < 1.29 is 31.8 Å². The summed E-state index contributed by atoms with van der Waals surface area (Å²) in [7, 11) is -4.03. The molecule has 0 aliphatic rings. The van der Waals surface area contributed by atoms with E-state index in [0.717, 1.165) is 12.8 Å². The fraction of sp³-hybridized carbons (Fsp3) is 1.00. The molecule has 1 atom stereocenters. The van der Waals surface area contributed by atoms with Crippen LogP contribution in [0, 0.1) is 0 Å². The Bertz CT molecular complexity index is 176. The Kier molecular flexibility index (Phi) is 7.76. The second kappa shape index (κ2) is 6.07. The fourth-order valence-electron chi connectivity index (χ4n) is 0.636. The molecule has 0 radical (unpaired) electrons. The molecule has 3 nitrogen and oxygen atoms in total. The third-order valence-corrected chi connectivity index (χ3v) is 2.68. The zero-order chi connectivity index (χ0) is 8.20. The van der Waals surface area contributed by atoms with Gasteiger partial charge in [0.1, 0.15) is 0 Å². The van der Waals surface area contributed by atoms with E-state index in [9.17, 15) is 13.0 Å². The van der Waals surface area contributed by atoms with Crippen LogP contribution in [0.1, 0.15) is 33.1 Å². The number of unbranched alkanes of at least 4 members (excludes halogenated alkanes) is 1. The standard InChI is InChI=1S/C6H14O3S.Li/c1-3-4-5-6(2)10(7,8)9;/h6H,3-5H2,1-2H3,(H,7,8,9);/q;+1/p-1.